The van der Waals surface area contributed by atoms with Gasteiger partial charge in [0.15, 0.2) is 0 Å². The summed E-state index contributed by atoms with van der Waals surface area (Å²) in [5.41, 5.74) is 5.41. The van der Waals surface area contributed by atoms with Crippen molar-refractivity contribution in [1.82, 2.24) is 10.2 Å². The van der Waals surface area contributed by atoms with Crippen LogP contribution in [0.25, 0.3) is 0 Å². The van der Waals surface area contributed by atoms with Crippen LogP contribution in [0.5, 0.6) is 0 Å². The molecular formula is C7H9N3O2. The van der Waals surface area contributed by atoms with Crippen LogP contribution in [0.1, 0.15) is 17.9 Å². The summed E-state index contributed by atoms with van der Waals surface area (Å²) in [6.45, 7) is 0. The molecule has 2 unspecified atom stereocenters. The molecule has 1 aromatic heterocycles. The highest BCUT2D eigenvalue weighted by Crippen LogP contribution is 2.49. The molecule has 2 atom stereocenters. The maximum atomic E-state index is 10.6. The molecule has 64 valence electrons. The molecule has 1 saturated carbocycles. The van der Waals surface area contributed by atoms with Crippen molar-refractivity contribution >= 4 is 5.97 Å². The van der Waals surface area contributed by atoms with Crippen molar-refractivity contribution in [3.8, 4) is 0 Å². The van der Waals surface area contributed by atoms with Crippen molar-refractivity contribution in [2.24, 2.45) is 5.73 Å². The number of carbonyl (C=O) groups is 1. The zero-order valence-electron chi connectivity index (χ0n) is 6.32. The molecule has 1 aliphatic carbocycles. The summed E-state index contributed by atoms with van der Waals surface area (Å²) in [5, 5.41) is 15.1. The standard InChI is InChI=1S/C7H9N3O2/c8-7(6(11)12)1-5(7)4-2-9-10-3-4/h2-3,5H,1,8H2,(H,9,10)(H,11,12). The summed E-state index contributed by atoms with van der Waals surface area (Å²) in [6.07, 6.45) is 3.80. The van der Waals surface area contributed by atoms with Gasteiger partial charge in [-0.3, -0.25) is 9.89 Å². The molecule has 0 radical (unpaired) electrons. The summed E-state index contributed by atoms with van der Waals surface area (Å²) < 4.78 is 0. The van der Waals surface area contributed by atoms with E-state index in [-0.39, 0.29) is 5.92 Å². The average Bonchev–Trinajstić information content (AvgIpc) is 2.49. The summed E-state index contributed by atoms with van der Waals surface area (Å²) in [4.78, 5) is 10.6. The minimum Gasteiger partial charge on any atom is -0.480 e. The zero-order valence-corrected chi connectivity index (χ0v) is 6.32. The van der Waals surface area contributed by atoms with Gasteiger partial charge >= 0.3 is 5.97 Å². The number of carboxylic acids is 1. The van der Waals surface area contributed by atoms with Gasteiger partial charge in [0.1, 0.15) is 5.54 Å². The van der Waals surface area contributed by atoms with Gasteiger partial charge in [0, 0.05) is 12.1 Å². The summed E-state index contributed by atoms with van der Waals surface area (Å²) in [5.74, 6) is -1.01. The number of aliphatic carboxylic acids is 1. The van der Waals surface area contributed by atoms with Crippen molar-refractivity contribution in [1.29, 1.82) is 0 Å². The van der Waals surface area contributed by atoms with Gasteiger partial charge in [0.25, 0.3) is 0 Å². The number of hydrogen-bond acceptors (Lipinski definition) is 3. The van der Waals surface area contributed by atoms with Crippen LogP contribution >= 0.6 is 0 Å². The van der Waals surface area contributed by atoms with Crippen LogP contribution in [0.2, 0.25) is 0 Å². The Morgan fingerprint density at radius 1 is 1.92 bits per heavy atom. The lowest BCUT2D eigenvalue weighted by molar-refractivity contribution is -0.139. The normalized spacial score (nSPS) is 33.2. The highest BCUT2D eigenvalue weighted by molar-refractivity contribution is 5.84. The van der Waals surface area contributed by atoms with Gasteiger partial charge in [-0.05, 0) is 12.0 Å². The van der Waals surface area contributed by atoms with Crippen LogP contribution in [0.3, 0.4) is 0 Å². The van der Waals surface area contributed by atoms with E-state index in [9.17, 15) is 4.79 Å². The lowest BCUT2D eigenvalue weighted by atomic mass is 10.1. The van der Waals surface area contributed by atoms with E-state index in [4.69, 9.17) is 10.8 Å². The largest absolute Gasteiger partial charge is 0.480 e. The van der Waals surface area contributed by atoms with Crippen molar-refractivity contribution in [2.45, 2.75) is 17.9 Å². The van der Waals surface area contributed by atoms with Crippen LogP contribution in [0.4, 0.5) is 0 Å². The second-order valence-corrected chi connectivity index (χ2v) is 3.13. The Labute approximate surface area is 68.6 Å². The van der Waals surface area contributed by atoms with E-state index in [0.717, 1.165) is 5.56 Å². The number of aromatic nitrogens is 2. The first-order valence-corrected chi connectivity index (χ1v) is 3.65. The first-order chi connectivity index (χ1) is 5.64. The monoisotopic (exact) mass is 167 g/mol. The molecule has 4 N–H and O–H groups in total. The Kier molecular flexibility index (Phi) is 1.26. The highest BCUT2D eigenvalue weighted by Gasteiger charge is 2.58. The van der Waals surface area contributed by atoms with E-state index in [0.29, 0.717) is 6.42 Å². The molecule has 12 heavy (non-hydrogen) atoms. The van der Waals surface area contributed by atoms with Crippen LogP contribution in [-0.2, 0) is 4.79 Å². The fraction of sp³-hybridized carbons (Fsp3) is 0.429. The Hall–Kier alpha value is -1.36. The topological polar surface area (TPSA) is 92.0 Å². The Morgan fingerprint density at radius 3 is 3.08 bits per heavy atom. The predicted molar refractivity (Wildman–Crippen MR) is 40.5 cm³/mol. The molecular weight excluding hydrogens is 158 g/mol. The molecule has 0 aromatic carbocycles. The van der Waals surface area contributed by atoms with Gasteiger partial charge in [-0.2, -0.15) is 5.10 Å². The van der Waals surface area contributed by atoms with E-state index in [2.05, 4.69) is 10.2 Å². The minimum absolute atomic E-state index is 0.0752. The van der Waals surface area contributed by atoms with Crippen molar-refractivity contribution in [2.75, 3.05) is 0 Å². The number of H-pyrrole nitrogens is 1. The van der Waals surface area contributed by atoms with Gasteiger partial charge < -0.3 is 10.8 Å². The number of carboxylic acid groups (broad SMARTS) is 1. The van der Waals surface area contributed by atoms with Crippen molar-refractivity contribution in [3.05, 3.63) is 18.0 Å². The molecule has 1 aromatic rings. The van der Waals surface area contributed by atoms with E-state index in [1.165, 1.54) is 0 Å². The van der Waals surface area contributed by atoms with Crippen molar-refractivity contribution < 1.29 is 9.90 Å². The SMILES string of the molecule is NC1(C(=O)O)CC1c1cn[nH]c1. The lowest BCUT2D eigenvalue weighted by Crippen LogP contribution is -2.34. The Morgan fingerprint density at radius 2 is 2.67 bits per heavy atom. The second-order valence-electron chi connectivity index (χ2n) is 3.13. The van der Waals surface area contributed by atoms with Gasteiger partial charge in [-0.15, -0.1) is 0 Å². The van der Waals surface area contributed by atoms with Crippen LogP contribution in [-0.4, -0.2) is 26.8 Å². The number of nitrogens with two attached hydrogens (primary N) is 1. The average molecular weight is 167 g/mol. The first kappa shape index (κ1) is 7.30. The summed E-state index contributed by atoms with van der Waals surface area (Å²) in [6, 6.07) is 0. The molecule has 2 rings (SSSR count). The third-order valence-corrected chi connectivity index (χ3v) is 2.32. The lowest BCUT2D eigenvalue weighted by Gasteiger charge is -2.01. The molecule has 1 fully saturated rings. The summed E-state index contributed by atoms with van der Waals surface area (Å²) in [7, 11) is 0. The molecule has 0 saturated heterocycles. The second kappa shape index (κ2) is 2.07. The molecule has 0 spiro atoms. The fourth-order valence-electron chi connectivity index (χ4n) is 1.38. The van der Waals surface area contributed by atoms with Gasteiger partial charge in [0.2, 0.25) is 0 Å². The third-order valence-electron chi connectivity index (χ3n) is 2.32. The smallest absolute Gasteiger partial charge is 0.324 e. The van der Waals surface area contributed by atoms with Gasteiger partial charge in [-0.1, -0.05) is 0 Å². The number of aromatic amines is 1. The quantitative estimate of drug-likeness (QED) is 0.562. The van der Waals surface area contributed by atoms with Crippen LogP contribution in [0.15, 0.2) is 12.4 Å². The number of hydrogen-bond donors (Lipinski definition) is 3. The Bertz CT molecular complexity index is 308. The highest BCUT2D eigenvalue weighted by atomic mass is 16.4. The molecule has 5 nitrogen and oxygen atoms in total. The fourth-order valence-corrected chi connectivity index (χ4v) is 1.38. The number of rotatable bonds is 2. The number of nitrogens with zero attached hydrogens (tertiary/aromatic N) is 1. The summed E-state index contributed by atoms with van der Waals surface area (Å²) >= 11 is 0. The minimum atomic E-state index is -1.05. The molecule has 1 aliphatic rings. The van der Waals surface area contributed by atoms with Crippen molar-refractivity contribution in [3.63, 3.8) is 0 Å². The third kappa shape index (κ3) is 0.831. The first-order valence-electron chi connectivity index (χ1n) is 3.65. The molecule has 0 bridgehead atoms. The van der Waals surface area contributed by atoms with Gasteiger partial charge in [0.05, 0.1) is 6.20 Å². The predicted octanol–water partition coefficient (Wildman–Crippen LogP) is -0.321. The van der Waals surface area contributed by atoms with E-state index in [1.54, 1.807) is 12.4 Å². The molecule has 5 heteroatoms. The van der Waals surface area contributed by atoms with E-state index >= 15 is 0 Å². The van der Waals surface area contributed by atoms with E-state index in [1.807, 2.05) is 0 Å². The van der Waals surface area contributed by atoms with E-state index < -0.39 is 11.5 Å². The molecule has 0 aliphatic heterocycles. The maximum Gasteiger partial charge on any atom is 0.324 e. The molecule has 0 amide bonds. The Balaban J connectivity index is 2.19. The van der Waals surface area contributed by atoms with Gasteiger partial charge in [-0.25, -0.2) is 0 Å². The molecule has 1 heterocycles. The number of nitrogens with one attached hydrogen (secondary N) is 1. The maximum absolute atomic E-state index is 10.6. The zero-order chi connectivity index (χ0) is 8.77. The van der Waals surface area contributed by atoms with Crippen LogP contribution in [0, 0.1) is 0 Å². The van der Waals surface area contributed by atoms with Crippen LogP contribution < -0.4 is 5.73 Å².